The summed E-state index contributed by atoms with van der Waals surface area (Å²) in [5, 5.41) is 3.37. The van der Waals surface area contributed by atoms with E-state index in [1.165, 1.54) is 24.8 Å². The molecule has 0 aliphatic rings. The monoisotopic (exact) mass is 155 g/mol. The quantitative estimate of drug-likeness (QED) is 0.440. The first kappa shape index (κ1) is 10.7. The van der Waals surface area contributed by atoms with Crippen molar-refractivity contribution in [1.82, 2.24) is 5.32 Å². The second-order valence-corrected chi connectivity index (χ2v) is 2.96. The highest BCUT2D eigenvalue weighted by molar-refractivity contribution is 4.91. The first-order valence-electron chi connectivity index (χ1n) is 4.68. The molecule has 0 aromatic carbocycles. The zero-order valence-corrected chi connectivity index (χ0v) is 7.95. The zero-order chi connectivity index (χ0) is 8.53. The van der Waals surface area contributed by atoms with Crippen molar-refractivity contribution in [2.75, 3.05) is 13.1 Å². The minimum atomic E-state index is 1.13. The molecule has 66 valence electrons. The normalized spacial score (nSPS) is 10.0. The van der Waals surface area contributed by atoms with Crippen molar-refractivity contribution in [3.05, 3.63) is 12.2 Å². The highest BCUT2D eigenvalue weighted by Crippen LogP contribution is 2.04. The molecule has 0 aliphatic heterocycles. The molecule has 11 heavy (non-hydrogen) atoms. The van der Waals surface area contributed by atoms with Crippen LogP contribution in [0.1, 0.15) is 39.5 Å². The molecule has 0 unspecified atom stereocenters. The molecule has 0 amide bonds. The molecule has 0 fully saturated rings. The van der Waals surface area contributed by atoms with Crippen molar-refractivity contribution in [2.45, 2.75) is 39.5 Å². The van der Waals surface area contributed by atoms with Gasteiger partial charge >= 0.3 is 0 Å². The summed E-state index contributed by atoms with van der Waals surface area (Å²) in [6, 6.07) is 0. The number of hydrogen-bond donors (Lipinski definition) is 1. The van der Waals surface area contributed by atoms with E-state index in [0.717, 1.165) is 19.5 Å². The average molecular weight is 155 g/mol. The van der Waals surface area contributed by atoms with Gasteiger partial charge in [0.2, 0.25) is 0 Å². The van der Waals surface area contributed by atoms with Crippen LogP contribution in [0.3, 0.4) is 0 Å². The standard InChI is InChI=1S/C10H21N/c1-4-8-11-9-6-7-10(3)5-2/h11H,3-9H2,1-2H3. The maximum Gasteiger partial charge on any atom is -0.00459 e. The molecule has 1 N–H and O–H groups in total. The Bertz CT molecular complexity index is 97.0. The predicted octanol–water partition coefficient (Wildman–Crippen LogP) is 2.73. The first-order valence-corrected chi connectivity index (χ1v) is 4.68. The van der Waals surface area contributed by atoms with Crippen LogP contribution in [0.5, 0.6) is 0 Å². The topological polar surface area (TPSA) is 12.0 Å². The van der Waals surface area contributed by atoms with E-state index in [4.69, 9.17) is 0 Å². The Morgan fingerprint density at radius 1 is 1.27 bits per heavy atom. The van der Waals surface area contributed by atoms with Crippen molar-refractivity contribution in [3.8, 4) is 0 Å². The summed E-state index contributed by atoms with van der Waals surface area (Å²) in [7, 11) is 0. The van der Waals surface area contributed by atoms with Crippen LogP contribution in [0.4, 0.5) is 0 Å². The molecule has 0 atom stereocenters. The Labute approximate surface area is 70.9 Å². The van der Waals surface area contributed by atoms with Gasteiger partial charge in [-0.15, -0.1) is 0 Å². The molecule has 0 aromatic rings. The summed E-state index contributed by atoms with van der Waals surface area (Å²) in [5.74, 6) is 0. The molecular weight excluding hydrogens is 134 g/mol. The lowest BCUT2D eigenvalue weighted by Crippen LogP contribution is -2.15. The van der Waals surface area contributed by atoms with E-state index >= 15 is 0 Å². The van der Waals surface area contributed by atoms with Crippen molar-refractivity contribution >= 4 is 0 Å². The molecule has 1 nitrogen and oxygen atoms in total. The van der Waals surface area contributed by atoms with Gasteiger partial charge < -0.3 is 5.32 Å². The minimum absolute atomic E-state index is 1.13. The molecular formula is C10H21N. The highest BCUT2D eigenvalue weighted by atomic mass is 14.8. The summed E-state index contributed by atoms with van der Waals surface area (Å²) in [5.41, 5.74) is 1.38. The summed E-state index contributed by atoms with van der Waals surface area (Å²) in [6.45, 7) is 10.6. The van der Waals surface area contributed by atoms with Crippen molar-refractivity contribution in [2.24, 2.45) is 0 Å². The lowest BCUT2D eigenvalue weighted by atomic mass is 10.1. The van der Waals surface area contributed by atoms with Gasteiger partial charge in [-0.2, -0.15) is 0 Å². The predicted molar refractivity (Wildman–Crippen MR) is 51.8 cm³/mol. The van der Waals surface area contributed by atoms with Crippen LogP contribution in [-0.2, 0) is 0 Å². The van der Waals surface area contributed by atoms with E-state index in [0.29, 0.717) is 0 Å². The van der Waals surface area contributed by atoms with E-state index in [-0.39, 0.29) is 0 Å². The Morgan fingerprint density at radius 3 is 2.55 bits per heavy atom. The van der Waals surface area contributed by atoms with Crippen LogP contribution in [-0.4, -0.2) is 13.1 Å². The van der Waals surface area contributed by atoms with Crippen LogP contribution in [0, 0.1) is 0 Å². The number of rotatable bonds is 7. The maximum atomic E-state index is 3.96. The number of hydrogen-bond acceptors (Lipinski definition) is 1. The maximum absolute atomic E-state index is 3.96. The van der Waals surface area contributed by atoms with Gasteiger partial charge in [-0.1, -0.05) is 26.0 Å². The summed E-state index contributed by atoms with van der Waals surface area (Å²) in [6.07, 6.45) is 4.79. The Balaban J connectivity index is 2.95. The minimum Gasteiger partial charge on any atom is -0.317 e. The SMILES string of the molecule is C=C(CC)CCCNCCC. The molecule has 0 rings (SSSR count). The zero-order valence-electron chi connectivity index (χ0n) is 7.95. The van der Waals surface area contributed by atoms with Crippen molar-refractivity contribution in [3.63, 3.8) is 0 Å². The van der Waals surface area contributed by atoms with Crippen LogP contribution < -0.4 is 5.32 Å². The van der Waals surface area contributed by atoms with Crippen LogP contribution in [0.15, 0.2) is 12.2 Å². The summed E-state index contributed by atoms with van der Waals surface area (Å²) < 4.78 is 0. The van der Waals surface area contributed by atoms with Gasteiger partial charge in [0.1, 0.15) is 0 Å². The van der Waals surface area contributed by atoms with Crippen LogP contribution in [0.2, 0.25) is 0 Å². The largest absolute Gasteiger partial charge is 0.317 e. The van der Waals surface area contributed by atoms with E-state index in [9.17, 15) is 0 Å². The lowest BCUT2D eigenvalue weighted by molar-refractivity contribution is 0.635. The molecule has 0 saturated heterocycles. The van der Waals surface area contributed by atoms with E-state index in [2.05, 4.69) is 25.7 Å². The second kappa shape index (κ2) is 7.80. The lowest BCUT2D eigenvalue weighted by Gasteiger charge is -2.03. The first-order chi connectivity index (χ1) is 5.31. The molecule has 1 heteroatoms. The van der Waals surface area contributed by atoms with Gasteiger partial charge in [-0.25, -0.2) is 0 Å². The number of nitrogens with one attached hydrogen (secondary N) is 1. The van der Waals surface area contributed by atoms with Crippen molar-refractivity contribution < 1.29 is 0 Å². The van der Waals surface area contributed by atoms with Gasteiger partial charge in [0.15, 0.2) is 0 Å². The third kappa shape index (κ3) is 7.60. The van der Waals surface area contributed by atoms with Gasteiger partial charge in [0.25, 0.3) is 0 Å². The van der Waals surface area contributed by atoms with Gasteiger partial charge in [0.05, 0.1) is 0 Å². The average Bonchev–Trinajstić information content (AvgIpc) is 2.04. The fourth-order valence-electron chi connectivity index (χ4n) is 0.942. The van der Waals surface area contributed by atoms with Crippen LogP contribution in [0.25, 0.3) is 0 Å². The van der Waals surface area contributed by atoms with Crippen LogP contribution >= 0.6 is 0 Å². The fraction of sp³-hybridized carbons (Fsp3) is 0.800. The molecule has 0 saturated carbocycles. The summed E-state index contributed by atoms with van der Waals surface area (Å²) in [4.78, 5) is 0. The molecule has 0 radical (unpaired) electrons. The third-order valence-electron chi connectivity index (χ3n) is 1.81. The highest BCUT2D eigenvalue weighted by Gasteiger charge is 1.90. The van der Waals surface area contributed by atoms with Crippen molar-refractivity contribution in [1.29, 1.82) is 0 Å². The molecule has 0 heterocycles. The Hall–Kier alpha value is -0.300. The van der Waals surface area contributed by atoms with E-state index in [1.807, 2.05) is 0 Å². The van der Waals surface area contributed by atoms with E-state index in [1.54, 1.807) is 0 Å². The Kier molecular flexibility index (Phi) is 7.59. The smallest absolute Gasteiger partial charge is 0.00459 e. The molecule has 0 aliphatic carbocycles. The number of allylic oxidation sites excluding steroid dienone is 1. The summed E-state index contributed by atoms with van der Waals surface area (Å²) >= 11 is 0. The molecule has 0 spiro atoms. The molecule has 0 bridgehead atoms. The third-order valence-corrected chi connectivity index (χ3v) is 1.81. The van der Waals surface area contributed by atoms with Gasteiger partial charge in [-0.3, -0.25) is 0 Å². The van der Waals surface area contributed by atoms with Gasteiger partial charge in [-0.05, 0) is 38.8 Å². The molecule has 0 aromatic heterocycles. The Morgan fingerprint density at radius 2 is 2.00 bits per heavy atom. The van der Waals surface area contributed by atoms with Gasteiger partial charge in [0, 0.05) is 0 Å². The fourth-order valence-corrected chi connectivity index (χ4v) is 0.942. The van der Waals surface area contributed by atoms with E-state index < -0.39 is 0 Å². The second-order valence-electron chi connectivity index (χ2n) is 2.96.